The molecule has 0 aliphatic heterocycles. The second-order valence-electron chi connectivity index (χ2n) is 2.50. The summed E-state index contributed by atoms with van der Waals surface area (Å²) in [6.07, 6.45) is 0. The Hall–Kier alpha value is -1.47. The average Bonchev–Trinajstić information content (AvgIpc) is 2.17. The van der Waals surface area contributed by atoms with Gasteiger partial charge in [-0.05, 0) is 24.4 Å². The molecular formula is C8H9F2N3OS. The lowest BCUT2D eigenvalue weighted by Gasteiger charge is -2.09. The molecule has 15 heavy (non-hydrogen) atoms. The van der Waals surface area contributed by atoms with Crippen molar-refractivity contribution in [2.45, 2.75) is 6.61 Å². The van der Waals surface area contributed by atoms with Crippen molar-refractivity contribution in [3.05, 3.63) is 24.3 Å². The number of anilines is 1. The Kier molecular flexibility index (Phi) is 4.19. The van der Waals surface area contributed by atoms with Gasteiger partial charge in [0.25, 0.3) is 0 Å². The molecule has 0 spiro atoms. The summed E-state index contributed by atoms with van der Waals surface area (Å²) in [5.74, 6) is 5.08. The third-order valence-corrected chi connectivity index (χ3v) is 1.67. The van der Waals surface area contributed by atoms with Crippen LogP contribution in [0.5, 0.6) is 5.75 Å². The number of hydrazine groups is 1. The minimum Gasteiger partial charge on any atom is -0.435 e. The van der Waals surface area contributed by atoms with Crippen molar-refractivity contribution >= 4 is 23.0 Å². The van der Waals surface area contributed by atoms with Crippen LogP contribution in [0.3, 0.4) is 0 Å². The molecule has 82 valence electrons. The summed E-state index contributed by atoms with van der Waals surface area (Å²) in [7, 11) is 0. The van der Waals surface area contributed by atoms with Gasteiger partial charge in [0.15, 0.2) is 5.11 Å². The number of thiocarbonyl (C=S) groups is 1. The number of rotatable bonds is 3. The quantitative estimate of drug-likeness (QED) is 0.419. The predicted octanol–water partition coefficient (Wildman–Crippen LogP) is 1.45. The summed E-state index contributed by atoms with van der Waals surface area (Å²) in [6.45, 7) is -2.85. The van der Waals surface area contributed by atoms with E-state index in [-0.39, 0.29) is 10.9 Å². The molecule has 7 heteroatoms. The molecule has 0 aromatic heterocycles. The monoisotopic (exact) mass is 233 g/mol. The number of ether oxygens (including phenoxy) is 1. The minimum absolute atomic E-state index is 0.0508. The van der Waals surface area contributed by atoms with Gasteiger partial charge >= 0.3 is 6.61 Å². The first-order valence-electron chi connectivity index (χ1n) is 3.94. The molecule has 0 saturated carbocycles. The summed E-state index contributed by atoms with van der Waals surface area (Å²) < 4.78 is 28.0. The SMILES string of the molecule is NNC(=S)Nc1cccc(OC(F)F)c1. The van der Waals surface area contributed by atoms with Crippen molar-refractivity contribution in [2.75, 3.05) is 5.32 Å². The zero-order chi connectivity index (χ0) is 11.3. The molecular weight excluding hydrogens is 224 g/mol. The number of nitrogens with two attached hydrogens (primary N) is 1. The lowest BCUT2D eigenvalue weighted by molar-refractivity contribution is -0.0497. The van der Waals surface area contributed by atoms with Gasteiger partial charge in [-0.15, -0.1) is 0 Å². The third-order valence-electron chi connectivity index (χ3n) is 1.45. The molecule has 0 bridgehead atoms. The van der Waals surface area contributed by atoms with Crippen LogP contribution in [0.25, 0.3) is 0 Å². The van der Waals surface area contributed by atoms with Crippen LogP contribution in [0.2, 0.25) is 0 Å². The number of hydrogen-bond acceptors (Lipinski definition) is 3. The van der Waals surface area contributed by atoms with Crippen LogP contribution in [0.15, 0.2) is 24.3 Å². The molecule has 0 radical (unpaired) electrons. The first-order valence-corrected chi connectivity index (χ1v) is 4.35. The first-order chi connectivity index (χ1) is 7.11. The highest BCUT2D eigenvalue weighted by Crippen LogP contribution is 2.18. The van der Waals surface area contributed by atoms with Gasteiger partial charge in [-0.1, -0.05) is 6.07 Å². The Morgan fingerprint density at radius 3 is 2.80 bits per heavy atom. The topological polar surface area (TPSA) is 59.3 Å². The molecule has 0 unspecified atom stereocenters. The third kappa shape index (κ3) is 4.05. The second kappa shape index (κ2) is 5.42. The Morgan fingerprint density at radius 2 is 2.20 bits per heavy atom. The Bertz CT molecular complexity index is 348. The van der Waals surface area contributed by atoms with E-state index in [4.69, 9.17) is 18.1 Å². The highest BCUT2D eigenvalue weighted by molar-refractivity contribution is 7.80. The average molecular weight is 233 g/mol. The maximum atomic E-state index is 11.9. The van der Waals surface area contributed by atoms with Crippen molar-refractivity contribution in [3.63, 3.8) is 0 Å². The van der Waals surface area contributed by atoms with E-state index >= 15 is 0 Å². The van der Waals surface area contributed by atoms with Gasteiger partial charge in [0.2, 0.25) is 0 Å². The predicted molar refractivity (Wildman–Crippen MR) is 56.6 cm³/mol. The van der Waals surface area contributed by atoms with Crippen LogP contribution in [-0.4, -0.2) is 11.7 Å². The number of alkyl halides is 2. The zero-order valence-corrected chi connectivity index (χ0v) is 8.35. The fourth-order valence-corrected chi connectivity index (χ4v) is 1.04. The smallest absolute Gasteiger partial charge is 0.387 e. The van der Waals surface area contributed by atoms with Gasteiger partial charge < -0.3 is 15.5 Å². The Balaban J connectivity index is 2.69. The Morgan fingerprint density at radius 1 is 1.47 bits per heavy atom. The normalized spacial score (nSPS) is 9.87. The van der Waals surface area contributed by atoms with Gasteiger partial charge in [0, 0.05) is 11.8 Å². The number of halogens is 2. The number of hydrogen-bond donors (Lipinski definition) is 3. The summed E-state index contributed by atoms with van der Waals surface area (Å²) in [4.78, 5) is 0. The maximum absolute atomic E-state index is 11.9. The van der Waals surface area contributed by atoms with Crippen LogP contribution < -0.4 is 21.3 Å². The van der Waals surface area contributed by atoms with E-state index in [9.17, 15) is 8.78 Å². The molecule has 0 amide bonds. The van der Waals surface area contributed by atoms with E-state index < -0.39 is 6.61 Å². The van der Waals surface area contributed by atoms with E-state index in [0.717, 1.165) is 0 Å². The van der Waals surface area contributed by atoms with Gasteiger partial charge in [-0.25, -0.2) is 5.84 Å². The summed E-state index contributed by atoms with van der Waals surface area (Å²) in [5, 5.41) is 2.86. The molecule has 4 nitrogen and oxygen atoms in total. The van der Waals surface area contributed by atoms with E-state index in [2.05, 4.69) is 15.5 Å². The van der Waals surface area contributed by atoms with Crippen LogP contribution in [0.4, 0.5) is 14.5 Å². The van der Waals surface area contributed by atoms with Crippen LogP contribution in [-0.2, 0) is 0 Å². The molecule has 0 atom stereocenters. The van der Waals surface area contributed by atoms with Crippen molar-refractivity contribution in [1.29, 1.82) is 0 Å². The lowest BCUT2D eigenvalue weighted by atomic mass is 10.3. The fourth-order valence-electron chi connectivity index (χ4n) is 0.917. The van der Waals surface area contributed by atoms with Crippen molar-refractivity contribution in [1.82, 2.24) is 5.43 Å². The van der Waals surface area contributed by atoms with Crippen molar-refractivity contribution < 1.29 is 13.5 Å². The molecule has 1 aromatic carbocycles. The van der Waals surface area contributed by atoms with E-state index in [1.165, 1.54) is 12.1 Å². The number of benzene rings is 1. The van der Waals surface area contributed by atoms with Crippen LogP contribution in [0, 0.1) is 0 Å². The van der Waals surface area contributed by atoms with E-state index in [1.807, 2.05) is 0 Å². The van der Waals surface area contributed by atoms with Crippen molar-refractivity contribution in [3.8, 4) is 5.75 Å². The summed E-state index contributed by atoms with van der Waals surface area (Å²) >= 11 is 4.73. The summed E-state index contributed by atoms with van der Waals surface area (Å²) in [6, 6.07) is 5.99. The van der Waals surface area contributed by atoms with E-state index in [1.54, 1.807) is 12.1 Å². The molecule has 0 fully saturated rings. The second-order valence-corrected chi connectivity index (χ2v) is 2.91. The number of nitrogens with one attached hydrogen (secondary N) is 2. The Labute approximate surface area is 90.4 Å². The fraction of sp³-hybridized carbons (Fsp3) is 0.125. The largest absolute Gasteiger partial charge is 0.435 e. The van der Waals surface area contributed by atoms with Gasteiger partial charge in [0.05, 0.1) is 0 Å². The highest BCUT2D eigenvalue weighted by Gasteiger charge is 2.04. The van der Waals surface area contributed by atoms with Crippen LogP contribution in [0.1, 0.15) is 0 Å². The van der Waals surface area contributed by atoms with Gasteiger partial charge in [0.1, 0.15) is 5.75 Å². The molecule has 0 aliphatic rings. The molecule has 0 saturated heterocycles. The van der Waals surface area contributed by atoms with Gasteiger partial charge in [-0.3, -0.25) is 0 Å². The standard InChI is InChI=1S/C8H9F2N3OS/c9-7(10)14-6-3-1-2-5(4-6)12-8(15)13-11/h1-4,7H,11H2,(H2,12,13,15). The molecule has 0 heterocycles. The molecule has 1 rings (SSSR count). The highest BCUT2D eigenvalue weighted by atomic mass is 32.1. The van der Waals surface area contributed by atoms with E-state index in [0.29, 0.717) is 5.69 Å². The molecule has 1 aromatic rings. The maximum Gasteiger partial charge on any atom is 0.387 e. The summed E-state index contributed by atoms with van der Waals surface area (Å²) in [5.41, 5.74) is 2.72. The first kappa shape index (κ1) is 11.6. The van der Waals surface area contributed by atoms with Crippen molar-refractivity contribution in [2.24, 2.45) is 5.84 Å². The molecule has 0 aliphatic carbocycles. The minimum atomic E-state index is -2.85. The zero-order valence-electron chi connectivity index (χ0n) is 7.54. The van der Waals surface area contributed by atoms with Gasteiger partial charge in [-0.2, -0.15) is 8.78 Å². The molecule has 4 N–H and O–H groups in total. The lowest BCUT2D eigenvalue weighted by Crippen LogP contribution is -2.34. The van der Waals surface area contributed by atoms with Crippen LogP contribution >= 0.6 is 12.2 Å².